The highest BCUT2D eigenvalue weighted by molar-refractivity contribution is 7.89. The van der Waals surface area contributed by atoms with E-state index in [9.17, 15) is 8.42 Å². The van der Waals surface area contributed by atoms with Crippen LogP contribution in [0.25, 0.3) is 0 Å². The number of aryl methyl sites for hydroxylation is 3. The first-order chi connectivity index (χ1) is 11.8. The molecular weight excluding hydrogens is 338 g/mol. The molecule has 25 heavy (non-hydrogen) atoms. The minimum atomic E-state index is -3.63. The maximum Gasteiger partial charge on any atom is 0.241 e. The maximum atomic E-state index is 12.9. The van der Waals surface area contributed by atoms with Gasteiger partial charge in [-0.15, -0.1) is 0 Å². The lowest BCUT2D eigenvalue weighted by Crippen LogP contribution is -2.28. The van der Waals surface area contributed by atoms with Crippen LogP contribution >= 0.6 is 0 Å². The lowest BCUT2D eigenvalue weighted by Gasteiger charge is -2.21. The zero-order valence-corrected chi connectivity index (χ0v) is 15.7. The van der Waals surface area contributed by atoms with E-state index in [0.29, 0.717) is 29.6 Å². The predicted octanol–water partition coefficient (Wildman–Crippen LogP) is 3.42. The van der Waals surface area contributed by atoms with Crippen LogP contribution in [0.15, 0.2) is 35.2 Å². The molecule has 1 N–H and O–H groups in total. The van der Waals surface area contributed by atoms with E-state index in [-0.39, 0.29) is 6.04 Å². The Labute approximate surface area is 149 Å². The van der Waals surface area contributed by atoms with Crippen molar-refractivity contribution in [3.63, 3.8) is 0 Å². The zero-order chi connectivity index (χ0) is 18.2. The van der Waals surface area contributed by atoms with Gasteiger partial charge in [0.15, 0.2) is 11.5 Å². The fourth-order valence-corrected chi connectivity index (χ4v) is 4.96. The van der Waals surface area contributed by atoms with Crippen LogP contribution in [0.5, 0.6) is 11.5 Å². The summed E-state index contributed by atoms with van der Waals surface area (Å²) in [5.41, 5.74) is 3.38. The molecule has 2 aromatic rings. The molecule has 2 aromatic carbocycles. The lowest BCUT2D eigenvalue weighted by atomic mass is 10.1. The summed E-state index contributed by atoms with van der Waals surface area (Å²) in [5, 5.41) is 0. The fraction of sp³-hybridized carbons (Fsp3) is 0.368. The van der Waals surface area contributed by atoms with Gasteiger partial charge in [-0.25, -0.2) is 13.1 Å². The average molecular weight is 361 g/mol. The molecule has 6 heteroatoms. The van der Waals surface area contributed by atoms with Crippen molar-refractivity contribution in [2.45, 2.75) is 38.6 Å². The molecule has 1 aliphatic heterocycles. The van der Waals surface area contributed by atoms with Gasteiger partial charge in [0.2, 0.25) is 10.0 Å². The van der Waals surface area contributed by atoms with Crippen molar-refractivity contribution in [1.29, 1.82) is 0 Å². The molecule has 0 amide bonds. The van der Waals surface area contributed by atoms with E-state index in [1.807, 2.05) is 58.0 Å². The summed E-state index contributed by atoms with van der Waals surface area (Å²) in [5.74, 6) is 1.34. The summed E-state index contributed by atoms with van der Waals surface area (Å²) in [7, 11) is -3.63. The molecule has 1 aliphatic rings. The van der Waals surface area contributed by atoms with Gasteiger partial charge in [0.05, 0.1) is 4.90 Å². The zero-order valence-electron chi connectivity index (χ0n) is 14.9. The first-order valence-electron chi connectivity index (χ1n) is 8.27. The average Bonchev–Trinajstić information content (AvgIpc) is 2.52. The molecule has 0 saturated heterocycles. The van der Waals surface area contributed by atoms with E-state index < -0.39 is 10.0 Å². The Bertz CT molecular complexity index is 883. The highest BCUT2D eigenvalue weighted by atomic mass is 32.2. The first kappa shape index (κ1) is 17.8. The predicted molar refractivity (Wildman–Crippen MR) is 96.8 cm³/mol. The highest BCUT2D eigenvalue weighted by Crippen LogP contribution is 2.33. The molecule has 0 bridgehead atoms. The van der Waals surface area contributed by atoms with Crippen LogP contribution in [-0.2, 0) is 10.0 Å². The fourth-order valence-electron chi connectivity index (χ4n) is 3.28. The van der Waals surface area contributed by atoms with Crippen LogP contribution in [0, 0.1) is 20.8 Å². The summed E-state index contributed by atoms with van der Waals surface area (Å²) in [4.78, 5) is 0.350. The van der Waals surface area contributed by atoms with Crippen LogP contribution in [0.4, 0.5) is 0 Å². The van der Waals surface area contributed by atoms with Crippen molar-refractivity contribution in [2.24, 2.45) is 0 Å². The molecule has 0 fully saturated rings. The number of benzene rings is 2. The van der Waals surface area contributed by atoms with Gasteiger partial charge in [-0.2, -0.15) is 0 Å². The number of nitrogens with one attached hydrogen (secondary N) is 1. The van der Waals surface area contributed by atoms with Crippen molar-refractivity contribution in [2.75, 3.05) is 13.2 Å². The molecule has 1 heterocycles. The molecule has 134 valence electrons. The second-order valence-corrected chi connectivity index (χ2v) is 8.12. The van der Waals surface area contributed by atoms with Crippen molar-refractivity contribution in [3.05, 3.63) is 52.6 Å². The van der Waals surface area contributed by atoms with Crippen molar-refractivity contribution in [3.8, 4) is 11.5 Å². The SMILES string of the molecule is Cc1cc(C)c(S(=O)(=O)N[C@H](C)c2ccc3c(c2)OCCO3)c(C)c1. The molecule has 0 aromatic heterocycles. The Morgan fingerprint density at radius 3 is 2.20 bits per heavy atom. The first-order valence-corrected chi connectivity index (χ1v) is 9.76. The van der Waals surface area contributed by atoms with Crippen LogP contribution in [0.1, 0.15) is 35.2 Å². The van der Waals surface area contributed by atoms with Crippen LogP contribution in [0.3, 0.4) is 0 Å². The number of ether oxygens (including phenoxy) is 2. The third-order valence-corrected chi connectivity index (χ3v) is 6.12. The van der Waals surface area contributed by atoms with Gasteiger partial charge in [0, 0.05) is 6.04 Å². The van der Waals surface area contributed by atoms with E-state index in [2.05, 4.69) is 4.72 Å². The summed E-state index contributed by atoms with van der Waals surface area (Å²) < 4.78 is 39.6. The molecular formula is C19H23NO4S. The monoisotopic (exact) mass is 361 g/mol. The summed E-state index contributed by atoms with van der Waals surface area (Å²) in [6, 6.07) is 8.89. The normalized spacial score (nSPS) is 15.0. The second kappa shape index (κ2) is 6.69. The van der Waals surface area contributed by atoms with E-state index in [1.165, 1.54) is 0 Å². The van der Waals surface area contributed by atoms with Crippen molar-refractivity contribution < 1.29 is 17.9 Å². The Morgan fingerprint density at radius 1 is 0.960 bits per heavy atom. The van der Waals surface area contributed by atoms with Crippen LogP contribution in [0.2, 0.25) is 0 Å². The minimum absolute atomic E-state index is 0.350. The number of hydrogen-bond acceptors (Lipinski definition) is 4. The molecule has 5 nitrogen and oxygen atoms in total. The molecule has 1 atom stereocenters. The Morgan fingerprint density at radius 2 is 1.56 bits per heavy atom. The number of rotatable bonds is 4. The van der Waals surface area contributed by atoms with Gasteiger partial charge in [0.25, 0.3) is 0 Å². The quantitative estimate of drug-likeness (QED) is 0.906. The van der Waals surface area contributed by atoms with Crippen LogP contribution in [-0.4, -0.2) is 21.6 Å². The minimum Gasteiger partial charge on any atom is -0.486 e. The molecule has 0 radical (unpaired) electrons. The molecule has 0 unspecified atom stereocenters. The Balaban J connectivity index is 1.88. The van der Waals surface area contributed by atoms with Gasteiger partial charge >= 0.3 is 0 Å². The van der Waals surface area contributed by atoms with Crippen molar-refractivity contribution >= 4 is 10.0 Å². The summed E-state index contributed by atoms with van der Waals surface area (Å²) in [6.45, 7) is 8.45. The second-order valence-electron chi connectivity index (χ2n) is 6.47. The molecule has 0 spiro atoms. The molecule has 3 rings (SSSR count). The van der Waals surface area contributed by atoms with Gasteiger partial charge in [-0.05, 0) is 56.5 Å². The number of sulfonamides is 1. The highest BCUT2D eigenvalue weighted by Gasteiger charge is 2.23. The topological polar surface area (TPSA) is 64.6 Å². The maximum absolute atomic E-state index is 12.9. The van der Waals surface area contributed by atoms with Gasteiger partial charge in [0.1, 0.15) is 13.2 Å². The Kier molecular flexibility index (Phi) is 4.75. The van der Waals surface area contributed by atoms with Crippen LogP contribution < -0.4 is 14.2 Å². The van der Waals surface area contributed by atoms with E-state index in [1.54, 1.807) is 0 Å². The standard InChI is InChI=1S/C19H23NO4S/c1-12-9-13(2)19(14(3)10-12)25(21,22)20-15(4)16-5-6-17-18(11-16)24-8-7-23-17/h5-6,9-11,15,20H,7-8H2,1-4H3/t15-/m1/s1. The smallest absolute Gasteiger partial charge is 0.241 e. The van der Waals surface area contributed by atoms with Gasteiger partial charge < -0.3 is 9.47 Å². The number of fused-ring (bicyclic) bond motifs is 1. The Hall–Kier alpha value is -2.05. The lowest BCUT2D eigenvalue weighted by molar-refractivity contribution is 0.171. The third kappa shape index (κ3) is 3.65. The summed E-state index contributed by atoms with van der Waals surface area (Å²) in [6.07, 6.45) is 0. The largest absolute Gasteiger partial charge is 0.486 e. The number of hydrogen-bond donors (Lipinski definition) is 1. The molecule has 0 aliphatic carbocycles. The van der Waals surface area contributed by atoms with Gasteiger partial charge in [-0.3, -0.25) is 0 Å². The van der Waals surface area contributed by atoms with Crippen molar-refractivity contribution in [1.82, 2.24) is 4.72 Å². The third-order valence-electron chi connectivity index (χ3n) is 4.27. The molecule has 0 saturated carbocycles. The summed E-state index contributed by atoms with van der Waals surface area (Å²) >= 11 is 0. The van der Waals surface area contributed by atoms with Gasteiger partial charge in [-0.1, -0.05) is 23.8 Å². The van der Waals surface area contributed by atoms with E-state index >= 15 is 0 Å². The van der Waals surface area contributed by atoms with E-state index in [4.69, 9.17) is 9.47 Å². The van der Waals surface area contributed by atoms with E-state index in [0.717, 1.165) is 22.3 Å².